The Kier molecular flexibility index (Phi) is 8.30. The van der Waals surface area contributed by atoms with Gasteiger partial charge in [0.05, 0.1) is 20.7 Å². The maximum Gasteiger partial charge on any atom is 0.320 e. The molecule has 1 aliphatic rings. The van der Waals surface area contributed by atoms with Gasteiger partial charge in [0.2, 0.25) is 0 Å². The lowest BCUT2D eigenvalue weighted by Gasteiger charge is -2.38. The Morgan fingerprint density at radius 1 is 1.09 bits per heavy atom. The lowest BCUT2D eigenvalue weighted by atomic mass is 10.1. The fraction of sp³-hybridized carbons (Fsp3) is 0.364. The Morgan fingerprint density at radius 2 is 1.75 bits per heavy atom. The van der Waals surface area contributed by atoms with Gasteiger partial charge in [-0.05, 0) is 60.1 Å². The first kappa shape index (κ1) is 24.7. The van der Waals surface area contributed by atoms with Crippen molar-refractivity contribution in [3.8, 4) is 5.75 Å². The van der Waals surface area contributed by atoms with Crippen LogP contribution >= 0.6 is 43.5 Å². The SMILES string of the molecule is CCN(CC)C(=O)N1CCN(c2ccc(NC(=O)c3cc(Br)cc(Br)c3O)cc2Cl)CC1. The fourth-order valence-electron chi connectivity index (χ4n) is 3.61. The fourth-order valence-corrected chi connectivity index (χ4v) is 5.14. The molecule has 1 heterocycles. The minimum Gasteiger partial charge on any atom is -0.506 e. The van der Waals surface area contributed by atoms with E-state index in [1.165, 1.54) is 0 Å². The summed E-state index contributed by atoms with van der Waals surface area (Å²) in [6, 6.07) is 8.60. The predicted octanol–water partition coefficient (Wildman–Crippen LogP) is 5.41. The molecule has 0 radical (unpaired) electrons. The maximum absolute atomic E-state index is 12.6. The van der Waals surface area contributed by atoms with Crippen LogP contribution in [0.1, 0.15) is 24.2 Å². The summed E-state index contributed by atoms with van der Waals surface area (Å²) in [5, 5.41) is 13.4. The molecule has 3 rings (SSSR count). The molecule has 0 saturated carbocycles. The highest BCUT2D eigenvalue weighted by Crippen LogP contribution is 2.33. The highest BCUT2D eigenvalue weighted by molar-refractivity contribution is 9.11. The molecule has 1 fully saturated rings. The predicted molar refractivity (Wildman–Crippen MR) is 135 cm³/mol. The molecule has 32 heavy (non-hydrogen) atoms. The van der Waals surface area contributed by atoms with Gasteiger partial charge in [0.15, 0.2) is 0 Å². The van der Waals surface area contributed by atoms with Gasteiger partial charge in [0.25, 0.3) is 5.91 Å². The van der Waals surface area contributed by atoms with Crippen molar-refractivity contribution in [2.75, 3.05) is 49.5 Å². The zero-order chi connectivity index (χ0) is 23.4. The van der Waals surface area contributed by atoms with Crippen LogP contribution in [0.4, 0.5) is 16.2 Å². The second-order valence-corrected chi connectivity index (χ2v) is 9.51. The summed E-state index contributed by atoms with van der Waals surface area (Å²) in [7, 11) is 0. The number of aromatic hydroxyl groups is 1. The van der Waals surface area contributed by atoms with Crippen LogP contribution in [-0.4, -0.2) is 66.1 Å². The average molecular weight is 589 g/mol. The van der Waals surface area contributed by atoms with Crippen molar-refractivity contribution in [3.05, 3.63) is 49.9 Å². The Balaban J connectivity index is 1.66. The van der Waals surface area contributed by atoms with Crippen molar-refractivity contribution in [1.29, 1.82) is 0 Å². The van der Waals surface area contributed by atoms with E-state index in [-0.39, 0.29) is 17.3 Å². The van der Waals surface area contributed by atoms with Crippen molar-refractivity contribution in [3.63, 3.8) is 0 Å². The molecule has 1 saturated heterocycles. The van der Waals surface area contributed by atoms with Crippen LogP contribution in [-0.2, 0) is 0 Å². The zero-order valence-corrected chi connectivity index (χ0v) is 21.8. The van der Waals surface area contributed by atoms with Crippen LogP contribution in [0.15, 0.2) is 39.3 Å². The highest BCUT2D eigenvalue weighted by Gasteiger charge is 2.25. The van der Waals surface area contributed by atoms with E-state index in [1.807, 2.05) is 29.7 Å². The van der Waals surface area contributed by atoms with Crippen molar-refractivity contribution in [2.24, 2.45) is 0 Å². The molecule has 172 valence electrons. The van der Waals surface area contributed by atoms with Crippen LogP contribution < -0.4 is 10.2 Å². The van der Waals surface area contributed by atoms with Gasteiger partial charge in [0, 0.05) is 49.4 Å². The number of anilines is 2. The van der Waals surface area contributed by atoms with Gasteiger partial charge in [-0.1, -0.05) is 27.5 Å². The highest BCUT2D eigenvalue weighted by atomic mass is 79.9. The number of carbonyl (C=O) groups is 2. The molecule has 0 aliphatic carbocycles. The number of nitrogens with zero attached hydrogens (tertiary/aromatic N) is 3. The number of halogens is 3. The molecule has 2 aromatic carbocycles. The number of amides is 3. The van der Waals surface area contributed by atoms with E-state index in [0.29, 0.717) is 58.9 Å². The molecule has 3 amide bonds. The largest absolute Gasteiger partial charge is 0.506 e. The summed E-state index contributed by atoms with van der Waals surface area (Å²) in [6.07, 6.45) is 0. The average Bonchev–Trinajstić information content (AvgIpc) is 2.77. The first-order chi connectivity index (χ1) is 15.2. The molecule has 0 spiro atoms. The minimum absolute atomic E-state index is 0.0706. The Labute approximate surface area is 209 Å². The zero-order valence-electron chi connectivity index (χ0n) is 17.9. The van der Waals surface area contributed by atoms with Crippen LogP contribution in [0.2, 0.25) is 5.02 Å². The first-order valence-corrected chi connectivity index (χ1v) is 12.3. The number of urea groups is 1. The number of hydrogen-bond acceptors (Lipinski definition) is 4. The summed E-state index contributed by atoms with van der Waals surface area (Å²) in [6.45, 7) is 7.97. The number of nitrogens with one attached hydrogen (secondary N) is 1. The second-order valence-electron chi connectivity index (χ2n) is 7.33. The minimum atomic E-state index is -0.447. The molecule has 1 aliphatic heterocycles. The van der Waals surface area contributed by atoms with Gasteiger partial charge in [-0.3, -0.25) is 4.79 Å². The van der Waals surface area contributed by atoms with Crippen molar-refractivity contribution in [1.82, 2.24) is 9.80 Å². The molecule has 10 heteroatoms. The van der Waals surface area contributed by atoms with E-state index in [1.54, 1.807) is 24.3 Å². The van der Waals surface area contributed by atoms with Gasteiger partial charge in [-0.15, -0.1) is 0 Å². The molecule has 2 N–H and O–H groups in total. The smallest absolute Gasteiger partial charge is 0.320 e. The first-order valence-electron chi connectivity index (χ1n) is 10.3. The summed E-state index contributed by atoms with van der Waals surface area (Å²) in [4.78, 5) is 31.0. The number of piperazine rings is 1. The quantitative estimate of drug-likeness (QED) is 0.490. The topological polar surface area (TPSA) is 76.1 Å². The van der Waals surface area contributed by atoms with Gasteiger partial charge >= 0.3 is 6.03 Å². The number of benzene rings is 2. The third-order valence-corrected chi connectivity index (χ3v) is 6.77. The molecule has 0 atom stereocenters. The van der Waals surface area contributed by atoms with Gasteiger partial charge in [-0.2, -0.15) is 0 Å². The molecule has 0 bridgehead atoms. The molecular weight excluding hydrogens is 564 g/mol. The summed E-state index contributed by atoms with van der Waals surface area (Å²) < 4.78 is 1.09. The second kappa shape index (κ2) is 10.8. The van der Waals surface area contributed by atoms with Crippen LogP contribution in [0.3, 0.4) is 0 Å². The molecule has 0 aromatic heterocycles. The number of carbonyl (C=O) groups excluding carboxylic acids is 2. The van der Waals surface area contributed by atoms with Crippen LogP contribution in [0.5, 0.6) is 5.75 Å². The van der Waals surface area contributed by atoms with Crippen LogP contribution in [0.25, 0.3) is 0 Å². The van der Waals surface area contributed by atoms with Crippen molar-refractivity contribution >= 4 is 66.8 Å². The van der Waals surface area contributed by atoms with E-state index >= 15 is 0 Å². The van der Waals surface area contributed by atoms with Crippen molar-refractivity contribution in [2.45, 2.75) is 13.8 Å². The number of phenols is 1. The Morgan fingerprint density at radius 3 is 2.34 bits per heavy atom. The lowest BCUT2D eigenvalue weighted by molar-refractivity contribution is 0.102. The Hall–Kier alpha value is -1.97. The molecular formula is C22H25Br2ClN4O3. The summed E-state index contributed by atoms with van der Waals surface area (Å²) in [5.41, 5.74) is 1.52. The number of hydrogen-bond donors (Lipinski definition) is 2. The number of phenolic OH excluding ortho intramolecular Hbond substituents is 1. The maximum atomic E-state index is 12.6. The standard InChI is InChI=1S/C22H25Br2ClN4O3/c1-3-27(4-2)22(32)29-9-7-28(8-10-29)19-6-5-15(13-18(19)25)26-21(31)16-11-14(23)12-17(24)20(16)30/h5-6,11-13,30H,3-4,7-10H2,1-2H3,(H,26,31). The van der Waals surface area contributed by atoms with Crippen LogP contribution in [0, 0.1) is 0 Å². The third kappa shape index (κ3) is 5.50. The van der Waals surface area contributed by atoms with E-state index in [4.69, 9.17) is 11.6 Å². The van der Waals surface area contributed by atoms with Gasteiger partial charge in [0.1, 0.15) is 5.75 Å². The van der Waals surface area contributed by atoms with E-state index in [9.17, 15) is 14.7 Å². The summed E-state index contributed by atoms with van der Waals surface area (Å²) >= 11 is 13.1. The molecule has 7 nitrogen and oxygen atoms in total. The molecule has 0 unspecified atom stereocenters. The van der Waals surface area contributed by atoms with E-state index < -0.39 is 5.91 Å². The van der Waals surface area contributed by atoms with E-state index in [0.717, 1.165) is 5.69 Å². The Bertz CT molecular complexity index is 1010. The normalized spacial score (nSPS) is 13.8. The molecule has 2 aromatic rings. The van der Waals surface area contributed by atoms with Gasteiger partial charge < -0.3 is 25.1 Å². The third-order valence-electron chi connectivity index (χ3n) is 5.40. The lowest BCUT2D eigenvalue weighted by Crippen LogP contribution is -2.53. The summed E-state index contributed by atoms with van der Waals surface area (Å²) in [5.74, 6) is -0.581. The number of rotatable bonds is 5. The van der Waals surface area contributed by atoms with Gasteiger partial charge in [-0.25, -0.2) is 4.79 Å². The van der Waals surface area contributed by atoms with E-state index in [2.05, 4.69) is 42.1 Å². The monoisotopic (exact) mass is 586 g/mol. The van der Waals surface area contributed by atoms with Crippen molar-refractivity contribution < 1.29 is 14.7 Å².